The molecule has 2 aromatic carbocycles. The van der Waals surface area contributed by atoms with E-state index in [-0.39, 0.29) is 31.1 Å². The molecule has 0 aliphatic heterocycles. The third-order valence-electron chi connectivity index (χ3n) is 5.87. The van der Waals surface area contributed by atoms with Gasteiger partial charge in [0.05, 0.1) is 12.6 Å². The first kappa shape index (κ1) is 30.3. The minimum absolute atomic E-state index is 0.0382. The van der Waals surface area contributed by atoms with Crippen molar-refractivity contribution < 1.29 is 29.6 Å². The van der Waals surface area contributed by atoms with Crippen LogP contribution in [0, 0.1) is 0 Å². The molecule has 38 heavy (non-hydrogen) atoms. The standard InChI is InChI=1S/C27H38N6O5/c1-18(34)31-21(16-19-10-5-3-6-11-19)24(35)32-22(17-20-12-7-4-8-13-20)25(36)33-23(27(2,37)38)14-9-15-30-26(28)29/h3-8,10-13,21-23,37-38H,9,14-17H2,1-2H3,(H,31,34)(H,32,35)(H,33,36)(H4,28,29,30)/p+1/t21-,22+,23+/m1/s1. The first-order chi connectivity index (χ1) is 18.0. The Hall–Kier alpha value is -3.96. The smallest absolute Gasteiger partial charge is 0.338 e. The molecule has 3 amide bonds. The Morgan fingerprint density at radius 2 is 1.32 bits per heavy atom. The van der Waals surface area contributed by atoms with Crippen molar-refractivity contribution >= 4 is 23.7 Å². The molecule has 10 N–H and O–H groups in total. The zero-order valence-electron chi connectivity index (χ0n) is 21.8. The molecular formula is C27H39N6O5+. The lowest BCUT2D eigenvalue weighted by atomic mass is 10.00. The highest BCUT2D eigenvalue weighted by Gasteiger charge is 2.34. The summed E-state index contributed by atoms with van der Waals surface area (Å²) in [5, 5.41) is 28.6. The molecule has 0 aliphatic rings. The molecule has 11 nitrogen and oxygen atoms in total. The molecule has 0 aromatic heterocycles. The van der Waals surface area contributed by atoms with E-state index in [0.29, 0.717) is 13.0 Å². The number of benzene rings is 2. The molecular weight excluding hydrogens is 488 g/mol. The Kier molecular flexibility index (Phi) is 11.7. The summed E-state index contributed by atoms with van der Waals surface area (Å²) >= 11 is 0. The lowest BCUT2D eigenvalue weighted by Crippen LogP contribution is -2.78. The van der Waals surface area contributed by atoms with E-state index in [1.165, 1.54) is 13.8 Å². The Morgan fingerprint density at radius 3 is 1.76 bits per heavy atom. The van der Waals surface area contributed by atoms with Crippen LogP contribution in [-0.2, 0) is 27.2 Å². The van der Waals surface area contributed by atoms with Gasteiger partial charge >= 0.3 is 5.96 Å². The van der Waals surface area contributed by atoms with Crippen LogP contribution in [0.2, 0.25) is 0 Å². The third-order valence-corrected chi connectivity index (χ3v) is 5.87. The molecule has 0 radical (unpaired) electrons. The quantitative estimate of drug-likeness (QED) is 0.0590. The van der Waals surface area contributed by atoms with E-state index in [1.807, 2.05) is 60.7 Å². The van der Waals surface area contributed by atoms with Crippen LogP contribution in [0.5, 0.6) is 0 Å². The van der Waals surface area contributed by atoms with Crippen LogP contribution in [-0.4, -0.2) is 64.4 Å². The van der Waals surface area contributed by atoms with Crippen molar-refractivity contribution in [2.45, 2.75) is 63.4 Å². The van der Waals surface area contributed by atoms with Crippen molar-refractivity contribution in [1.82, 2.24) is 16.0 Å². The molecule has 0 spiro atoms. The van der Waals surface area contributed by atoms with Crippen molar-refractivity contribution in [2.75, 3.05) is 6.54 Å². The number of carbonyl (C=O) groups excluding carboxylic acids is 3. The fourth-order valence-corrected chi connectivity index (χ4v) is 3.93. The maximum absolute atomic E-state index is 13.4. The van der Waals surface area contributed by atoms with Crippen molar-refractivity contribution in [2.24, 2.45) is 11.5 Å². The second-order valence-corrected chi connectivity index (χ2v) is 9.37. The average Bonchev–Trinajstić information content (AvgIpc) is 2.85. The fourth-order valence-electron chi connectivity index (χ4n) is 3.93. The number of guanidine groups is 1. The predicted octanol–water partition coefficient (Wildman–Crippen LogP) is -2.22. The molecule has 0 fully saturated rings. The van der Waals surface area contributed by atoms with E-state index >= 15 is 0 Å². The highest BCUT2D eigenvalue weighted by molar-refractivity contribution is 5.92. The topological polar surface area (TPSA) is 194 Å². The lowest BCUT2D eigenvalue weighted by molar-refractivity contribution is -0.460. The molecule has 3 atom stereocenters. The van der Waals surface area contributed by atoms with Gasteiger partial charge in [-0.05, 0) is 30.9 Å². The Labute approximate surface area is 222 Å². The summed E-state index contributed by atoms with van der Waals surface area (Å²) in [5.41, 5.74) is 12.4. The molecule has 206 valence electrons. The molecule has 2 rings (SSSR count). The van der Waals surface area contributed by atoms with Gasteiger partial charge in [0.2, 0.25) is 17.7 Å². The maximum atomic E-state index is 13.4. The van der Waals surface area contributed by atoms with Crippen LogP contribution in [0.25, 0.3) is 0 Å². The van der Waals surface area contributed by atoms with Gasteiger partial charge in [-0.15, -0.1) is 0 Å². The normalized spacial score (nSPS) is 13.5. The summed E-state index contributed by atoms with van der Waals surface area (Å²) in [7, 11) is 0. The zero-order valence-corrected chi connectivity index (χ0v) is 21.8. The zero-order chi connectivity index (χ0) is 28.1. The van der Waals surface area contributed by atoms with Gasteiger partial charge in [-0.3, -0.25) is 30.8 Å². The van der Waals surface area contributed by atoms with Gasteiger partial charge in [0.25, 0.3) is 0 Å². The molecule has 0 unspecified atom stereocenters. The van der Waals surface area contributed by atoms with Gasteiger partial charge < -0.3 is 26.2 Å². The summed E-state index contributed by atoms with van der Waals surface area (Å²) in [6.45, 7) is 2.86. The van der Waals surface area contributed by atoms with Crippen molar-refractivity contribution in [3.63, 3.8) is 0 Å². The molecule has 0 saturated carbocycles. The minimum atomic E-state index is -2.22. The number of hydrogen-bond donors (Lipinski definition) is 8. The SMILES string of the molecule is CC(=O)N[C@H](Cc1ccccc1)C(=O)N[C@@H](Cc1ccccc1)C(=O)N[C@@H](CCC[NH+]=C(N)N)C(C)(O)O. The van der Waals surface area contributed by atoms with Gasteiger partial charge in [-0.25, -0.2) is 0 Å². The molecule has 0 bridgehead atoms. The van der Waals surface area contributed by atoms with Gasteiger partial charge in [0, 0.05) is 19.8 Å². The number of aliphatic hydroxyl groups is 2. The Balaban J connectivity index is 2.23. The molecule has 0 heterocycles. The number of amides is 3. The first-order valence-corrected chi connectivity index (χ1v) is 12.5. The number of rotatable bonds is 14. The van der Waals surface area contributed by atoms with Gasteiger partial charge in [-0.2, -0.15) is 0 Å². The number of nitrogens with two attached hydrogens (primary N) is 2. The van der Waals surface area contributed by atoms with Crippen LogP contribution in [0.1, 0.15) is 37.8 Å². The molecule has 0 saturated heterocycles. The predicted molar refractivity (Wildman–Crippen MR) is 143 cm³/mol. The van der Waals surface area contributed by atoms with Crippen molar-refractivity contribution in [3.8, 4) is 0 Å². The molecule has 11 heteroatoms. The number of nitrogens with one attached hydrogen (secondary N) is 4. The van der Waals surface area contributed by atoms with Crippen LogP contribution in [0.15, 0.2) is 60.7 Å². The number of hydrogen-bond acceptors (Lipinski definition) is 5. The highest BCUT2D eigenvalue weighted by Crippen LogP contribution is 2.13. The van der Waals surface area contributed by atoms with E-state index in [0.717, 1.165) is 11.1 Å². The average molecular weight is 528 g/mol. The summed E-state index contributed by atoms with van der Waals surface area (Å²) in [4.78, 5) is 41.3. The summed E-state index contributed by atoms with van der Waals surface area (Å²) in [6, 6.07) is 15.3. The number of carbonyl (C=O) groups is 3. The Morgan fingerprint density at radius 1 is 0.842 bits per heavy atom. The Bertz CT molecular complexity index is 1070. The minimum Gasteiger partial charge on any atom is -0.364 e. The van der Waals surface area contributed by atoms with Crippen molar-refractivity contribution in [3.05, 3.63) is 71.8 Å². The third kappa shape index (κ3) is 11.0. The highest BCUT2D eigenvalue weighted by atomic mass is 16.5. The van der Waals surface area contributed by atoms with E-state index in [1.54, 1.807) is 0 Å². The van der Waals surface area contributed by atoms with Gasteiger partial charge in [0.15, 0.2) is 5.79 Å². The summed E-state index contributed by atoms with van der Waals surface area (Å²) in [5.74, 6) is -3.70. The van der Waals surface area contributed by atoms with Gasteiger partial charge in [-0.1, -0.05) is 60.7 Å². The van der Waals surface area contributed by atoms with E-state index in [2.05, 4.69) is 20.9 Å². The summed E-state index contributed by atoms with van der Waals surface area (Å²) < 4.78 is 0. The molecule has 2 aromatic rings. The second-order valence-electron chi connectivity index (χ2n) is 9.37. The second kappa shape index (κ2) is 14.7. The summed E-state index contributed by atoms with van der Waals surface area (Å²) in [6.07, 6.45) is 1.01. The van der Waals surface area contributed by atoms with Crippen molar-refractivity contribution in [1.29, 1.82) is 0 Å². The monoisotopic (exact) mass is 527 g/mol. The van der Waals surface area contributed by atoms with Crippen LogP contribution in [0.4, 0.5) is 0 Å². The lowest BCUT2D eigenvalue weighted by Gasteiger charge is -2.31. The maximum Gasteiger partial charge on any atom is 0.338 e. The van der Waals surface area contributed by atoms with Gasteiger partial charge in [0.1, 0.15) is 12.1 Å². The molecule has 0 aliphatic carbocycles. The fraction of sp³-hybridized carbons (Fsp3) is 0.407. The van der Waals surface area contributed by atoms with E-state index in [4.69, 9.17) is 11.5 Å². The first-order valence-electron chi connectivity index (χ1n) is 12.5. The van der Waals surface area contributed by atoms with E-state index < -0.39 is 35.7 Å². The van der Waals surface area contributed by atoms with Crippen LogP contribution >= 0.6 is 0 Å². The van der Waals surface area contributed by atoms with Crippen LogP contribution < -0.4 is 32.4 Å². The van der Waals surface area contributed by atoms with E-state index in [9.17, 15) is 24.6 Å². The largest absolute Gasteiger partial charge is 0.364 e. The van der Waals surface area contributed by atoms with Crippen LogP contribution in [0.3, 0.4) is 0 Å².